The minimum absolute atomic E-state index is 0.206. The lowest BCUT2D eigenvalue weighted by Crippen LogP contribution is -2.50. The van der Waals surface area contributed by atoms with Crippen LogP contribution < -0.4 is 15.6 Å². The molecule has 0 aliphatic carbocycles. The molecule has 0 N–H and O–H groups in total. The summed E-state index contributed by atoms with van der Waals surface area (Å²) in [5.41, 5.74) is 2.07. The zero-order valence-corrected chi connectivity index (χ0v) is 20.7. The van der Waals surface area contributed by atoms with Gasteiger partial charge in [-0.25, -0.2) is 5.11 Å². The van der Waals surface area contributed by atoms with Gasteiger partial charge in [-0.1, -0.05) is 50.9 Å². The Morgan fingerprint density at radius 2 is 1.79 bits per heavy atom. The van der Waals surface area contributed by atoms with Crippen LogP contribution in [0.2, 0.25) is 19.6 Å². The highest BCUT2D eigenvalue weighted by Crippen LogP contribution is 2.15. The first-order valence-electron chi connectivity index (χ1n) is 10.6. The minimum atomic E-state index is -1.69. The summed E-state index contributed by atoms with van der Waals surface area (Å²) in [4.78, 5) is 0. The molecule has 0 amide bonds. The molecule has 2 nitrogen and oxygen atoms in total. The van der Waals surface area contributed by atoms with E-state index in [9.17, 15) is 5.11 Å². The van der Waals surface area contributed by atoms with E-state index in [0.717, 1.165) is 34.9 Å². The van der Waals surface area contributed by atoms with Crippen LogP contribution in [0.15, 0.2) is 23.8 Å². The van der Waals surface area contributed by atoms with Gasteiger partial charge in [-0.3, -0.25) is 0 Å². The topological polar surface area (TPSA) is 29.1 Å². The highest BCUT2D eigenvalue weighted by Gasteiger charge is 2.23. The van der Waals surface area contributed by atoms with Gasteiger partial charge in [0.1, 0.15) is 5.60 Å². The van der Waals surface area contributed by atoms with E-state index in [4.69, 9.17) is 4.74 Å². The number of hydrogen-bond donors (Lipinski definition) is 0. The summed E-state index contributed by atoms with van der Waals surface area (Å²) in [6.07, 6.45) is 6.71. The summed E-state index contributed by atoms with van der Waals surface area (Å²) >= 11 is 0. The maximum Gasteiger partial charge on any atom is 0.338 e. The molecule has 1 aromatic carbocycles. The van der Waals surface area contributed by atoms with Gasteiger partial charge in [0.15, 0.2) is 0 Å². The molecule has 28 heavy (non-hydrogen) atoms. The number of aryl methyl sites for hydroxylation is 1. The van der Waals surface area contributed by atoms with E-state index in [1.165, 1.54) is 17.6 Å². The van der Waals surface area contributed by atoms with Gasteiger partial charge in [-0.15, -0.1) is 0 Å². The summed E-state index contributed by atoms with van der Waals surface area (Å²) in [6, 6.07) is 4.21. The molecule has 0 fully saturated rings. The van der Waals surface area contributed by atoms with E-state index >= 15 is 0 Å². The van der Waals surface area contributed by atoms with Gasteiger partial charge < -0.3 is 4.74 Å². The molecule has 0 aromatic heterocycles. The van der Waals surface area contributed by atoms with Crippen LogP contribution in [0.1, 0.15) is 66.4 Å². The van der Waals surface area contributed by atoms with E-state index in [2.05, 4.69) is 65.2 Å². The second-order valence-electron chi connectivity index (χ2n) is 10.4. The molecule has 1 atom stereocenters. The predicted molar refractivity (Wildman–Crippen MR) is 125 cm³/mol. The van der Waals surface area contributed by atoms with Crippen LogP contribution >= 0.6 is 0 Å². The average Bonchev–Trinajstić information content (AvgIpc) is 2.50. The maximum atomic E-state index is 12.9. The number of hydrogen-bond acceptors (Lipinski definition) is 1. The third-order valence-electron chi connectivity index (χ3n) is 4.89. The Morgan fingerprint density at radius 3 is 2.29 bits per heavy atom. The molecule has 1 unspecified atom stereocenters. The number of benzene rings is 1. The number of rotatable bonds is 8. The maximum absolute atomic E-state index is 12.9. The van der Waals surface area contributed by atoms with Gasteiger partial charge in [-0.05, 0) is 88.3 Å². The molecule has 0 aliphatic heterocycles. The fourth-order valence-corrected chi connectivity index (χ4v) is 4.84. The van der Waals surface area contributed by atoms with Crippen molar-refractivity contribution in [1.29, 1.82) is 0 Å². The lowest BCUT2D eigenvalue weighted by molar-refractivity contribution is 0.0285. The van der Waals surface area contributed by atoms with Gasteiger partial charge in [0.2, 0.25) is 0 Å². The Labute approximate surface area is 174 Å². The first kappa shape index (κ1) is 24.6. The minimum Gasteiger partial charge on any atom is -0.456 e. The molecule has 1 radical (unpaired) electrons. The van der Waals surface area contributed by atoms with Gasteiger partial charge in [0.25, 0.3) is 0 Å². The van der Waals surface area contributed by atoms with Crippen LogP contribution in [-0.4, -0.2) is 13.7 Å². The summed E-state index contributed by atoms with van der Waals surface area (Å²) in [7, 11) is -1.69. The summed E-state index contributed by atoms with van der Waals surface area (Å²) < 4.78 is 5.71. The fraction of sp³-hybridized carbons (Fsp3) is 0.600. The molecular formula is C25H41O2Si. The van der Waals surface area contributed by atoms with Crippen LogP contribution in [-0.2, 0) is 16.3 Å². The quantitative estimate of drug-likeness (QED) is 0.431. The van der Waals surface area contributed by atoms with Crippen molar-refractivity contribution in [3.05, 3.63) is 39.8 Å². The second kappa shape index (κ2) is 9.82. The lowest BCUT2D eigenvalue weighted by Gasteiger charge is -2.22. The Hall–Kier alpha value is -1.48. The monoisotopic (exact) mass is 401 g/mol. The van der Waals surface area contributed by atoms with Crippen molar-refractivity contribution in [3.63, 3.8) is 0 Å². The molecule has 0 spiro atoms. The number of ether oxygens (including phenoxy) is 1. The van der Waals surface area contributed by atoms with Crippen LogP contribution in [0.4, 0.5) is 0 Å². The smallest absolute Gasteiger partial charge is 0.338 e. The first-order valence-corrected chi connectivity index (χ1v) is 14.1. The molecule has 0 saturated carbocycles. The normalized spacial score (nSPS) is 14.5. The van der Waals surface area contributed by atoms with Gasteiger partial charge in [-0.2, -0.15) is 0 Å². The van der Waals surface area contributed by atoms with Gasteiger partial charge in [0, 0.05) is 0 Å². The Balaban J connectivity index is 3.19. The zero-order valence-electron chi connectivity index (χ0n) is 19.7. The van der Waals surface area contributed by atoms with Gasteiger partial charge in [0.05, 0.1) is 13.3 Å². The third kappa shape index (κ3) is 8.26. The lowest BCUT2D eigenvalue weighted by atomic mass is 9.95. The molecule has 3 heteroatoms. The van der Waals surface area contributed by atoms with E-state index < -0.39 is 13.7 Å². The second-order valence-corrected chi connectivity index (χ2v) is 15.5. The van der Waals surface area contributed by atoms with Crippen molar-refractivity contribution in [2.45, 2.75) is 92.5 Å². The molecule has 0 aliphatic rings. The Morgan fingerprint density at radius 1 is 1.18 bits per heavy atom. The van der Waals surface area contributed by atoms with Crippen molar-refractivity contribution in [2.24, 2.45) is 5.92 Å². The molecular weight excluding hydrogens is 360 g/mol. The number of allylic oxidation sites excluding steroid dienone is 2. The van der Waals surface area contributed by atoms with Crippen LogP contribution in [0.3, 0.4) is 0 Å². The summed E-state index contributed by atoms with van der Waals surface area (Å²) in [5, 5.41) is 15.9. The standard InChI is InChI=1S/C25H41O2Si/c1-18(2)12-11-13-19(3)14-15-21-17-22(24(26)27-25(5,6)7)23(16-20(21)4)28(8,9)10/h12,16-17,19H,4,11,13-15H2,1-3,5-10H3. The predicted octanol–water partition coefficient (Wildman–Crippen LogP) is 5.27. The Kier molecular flexibility index (Phi) is 8.61. The largest absolute Gasteiger partial charge is 0.456 e. The van der Waals surface area contributed by atoms with E-state index in [1.807, 2.05) is 20.8 Å². The molecule has 1 aromatic rings. The zero-order chi connectivity index (χ0) is 21.7. The average molecular weight is 402 g/mol. The van der Waals surface area contributed by atoms with Crippen molar-refractivity contribution >= 4 is 25.8 Å². The molecule has 1 rings (SSSR count). The SMILES string of the molecule is C=c1cc([Si](C)(C)C)c(=C([O])OC(C)(C)C)cc1CCC(C)CCC=C(C)C. The van der Waals surface area contributed by atoms with Crippen molar-refractivity contribution in [2.75, 3.05) is 0 Å². The third-order valence-corrected chi connectivity index (χ3v) is 6.91. The summed E-state index contributed by atoms with van der Waals surface area (Å²) in [5.74, 6) is 0.444. The van der Waals surface area contributed by atoms with Crippen LogP contribution in [0.5, 0.6) is 0 Å². The van der Waals surface area contributed by atoms with Crippen LogP contribution in [0.25, 0.3) is 12.5 Å². The van der Waals surface area contributed by atoms with Crippen molar-refractivity contribution in [3.8, 4) is 0 Å². The van der Waals surface area contributed by atoms with Gasteiger partial charge >= 0.3 is 5.95 Å². The van der Waals surface area contributed by atoms with E-state index in [-0.39, 0.29) is 5.95 Å². The fourth-order valence-electron chi connectivity index (χ4n) is 3.25. The van der Waals surface area contributed by atoms with Crippen LogP contribution in [0, 0.1) is 5.92 Å². The Bertz CT molecular complexity index is 788. The highest BCUT2D eigenvalue weighted by atomic mass is 28.3. The summed E-state index contributed by atoms with van der Waals surface area (Å²) in [6.45, 7) is 23.5. The van der Waals surface area contributed by atoms with E-state index in [0.29, 0.717) is 5.92 Å². The molecule has 0 saturated heterocycles. The van der Waals surface area contributed by atoms with Crippen molar-refractivity contribution < 1.29 is 9.84 Å². The van der Waals surface area contributed by atoms with Crippen molar-refractivity contribution in [1.82, 2.24) is 0 Å². The first-order chi connectivity index (χ1) is 12.7. The molecule has 0 heterocycles. The van der Waals surface area contributed by atoms with E-state index in [1.54, 1.807) is 0 Å². The molecule has 0 bridgehead atoms. The molecule has 157 valence electrons. The highest BCUT2D eigenvalue weighted by molar-refractivity contribution is 6.88.